The maximum Gasteiger partial charge on any atom is 0.213 e. The maximum atomic E-state index is 5.89. The van der Waals surface area contributed by atoms with Gasteiger partial charge in [-0.05, 0) is 19.9 Å². The molecule has 3 rings (SSSR count). The van der Waals surface area contributed by atoms with Crippen LogP contribution in [0.4, 0.5) is 0 Å². The number of hydrogen-bond donors (Lipinski definition) is 2. The second kappa shape index (κ2) is 10.7. The van der Waals surface area contributed by atoms with Crippen molar-refractivity contribution < 1.29 is 9.15 Å². The lowest BCUT2D eigenvalue weighted by atomic mass is 9.94. The summed E-state index contributed by atoms with van der Waals surface area (Å²) in [5, 5.41) is 15.0. The molecule has 0 saturated carbocycles. The molecular weight excluding hydrogens is 396 g/mol. The predicted octanol–water partition coefficient (Wildman–Crippen LogP) is 1.37. The lowest BCUT2D eigenvalue weighted by Crippen LogP contribution is -2.40. The van der Waals surface area contributed by atoms with Gasteiger partial charge in [0.05, 0.1) is 26.0 Å². The highest BCUT2D eigenvalue weighted by Crippen LogP contribution is 2.22. The summed E-state index contributed by atoms with van der Waals surface area (Å²) in [6.45, 7) is 14.7. The van der Waals surface area contributed by atoms with Crippen molar-refractivity contribution in [3.05, 3.63) is 29.5 Å². The van der Waals surface area contributed by atoms with Gasteiger partial charge in [0.25, 0.3) is 0 Å². The van der Waals surface area contributed by atoms with Gasteiger partial charge in [-0.1, -0.05) is 20.8 Å². The zero-order valence-corrected chi connectivity index (χ0v) is 19.4. The first-order valence-corrected chi connectivity index (χ1v) is 11.0. The summed E-state index contributed by atoms with van der Waals surface area (Å²) in [5.74, 6) is 3.90. The quantitative estimate of drug-likeness (QED) is 0.366. The SMILES string of the molecule is Cc1nnc(CN=C(NCCCN2CCOCC2)NCc2ncc(C(C)(C)C)o2)n1C. The molecule has 0 aromatic carbocycles. The van der Waals surface area contributed by atoms with Crippen LogP contribution in [0.25, 0.3) is 0 Å². The smallest absolute Gasteiger partial charge is 0.213 e. The zero-order chi connectivity index (χ0) is 22.3. The van der Waals surface area contributed by atoms with Crippen molar-refractivity contribution in [2.24, 2.45) is 12.0 Å². The molecule has 1 aliphatic rings. The summed E-state index contributed by atoms with van der Waals surface area (Å²) < 4.78 is 13.2. The van der Waals surface area contributed by atoms with Crippen LogP contribution in [0.3, 0.4) is 0 Å². The standard InChI is InChI=1S/C21H36N8O2/c1-16-26-27-18(28(16)5)14-24-20(22-7-6-8-29-9-11-30-12-10-29)25-15-19-23-13-17(31-19)21(2,3)4/h13H,6-12,14-15H2,1-5H3,(H2,22,24,25). The van der Waals surface area contributed by atoms with Crippen LogP contribution in [-0.2, 0) is 30.3 Å². The minimum absolute atomic E-state index is 0.0665. The van der Waals surface area contributed by atoms with Crippen molar-refractivity contribution in [2.45, 2.75) is 52.6 Å². The Labute approximate surface area is 184 Å². The molecule has 2 aromatic heterocycles. The van der Waals surface area contributed by atoms with Crippen molar-refractivity contribution in [1.82, 2.24) is 35.3 Å². The number of guanidine groups is 1. The van der Waals surface area contributed by atoms with Gasteiger partial charge in [-0.15, -0.1) is 10.2 Å². The summed E-state index contributed by atoms with van der Waals surface area (Å²) in [6, 6.07) is 0. The lowest BCUT2D eigenvalue weighted by Gasteiger charge is -2.26. The van der Waals surface area contributed by atoms with Crippen molar-refractivity contribution >= 4 is 5.96 Å². The highest BCUT2D eigenvalue weighted by Gasteiger charge is 2.19. The van der Waals surface area contributed by atoms with Gasteiger partial charge >= 0.3 is 0 Å². The minimum Gasteiger partial charge on any atom is -0.443 e. The van der Waals surface area contributed by atoms with E-state index in [1.54, 1.807) is 6.20 Å². The van der Waals surface area contributed by atoms with Crippen LogP contribution in [-0.4, -0.2) is 70.0 Å². The number of aryl methyl sites for hydroxylation is 1. The van der Waals surface area contributed by atoms with Gasteiger partial charge in [0, 0.05) is 32.1 Å². The van der Waals surface area contributed by atoms with E-state index in [-0.39, 0.29) is 5.41 Å². The van der Waals surface area contributed by atoms with Crippen molar-refractivity contribution in [3.8, 4) is 0 Å². The van der Waals surface area contributed by atoms with Crippen molar-refractivity contribution in [3.63, 3.8) is 0 Å². The number of ether oxygens (including phenoxy) is 1. The summed E-state index contributed by atoms with van der Waals surface area (Å²) >= 11 is 0. The van der Waals surface area contributed by atoms with E-state index in [2.05, 4.69) is 51.5 Å². The first-order chi connectivity index (χ1) is 14.8. The van der Waals surface area contributed by atoms with E-state index >= 15 is 0 Å². The number of aliphatic imine (C=N–C) groups is 1. The maximum absolute atomic E-state index is 5.89. The molecule has 0 amide bonds. The van der Waals surface area contributed by atoms with Gasteiger partial charge in [0.1, 0.15) is 18.1 Å². The molecule has 0 bridgehead atoms. The largest absolute Gasteiger partial charge is 0.443 e. The molecule has 0 radical (unpaired) electrons. The molecule has 10 heteroatoms. The number of hydrogen-bond acceptors (Lipinski definition) is 7. The Bertz CT molecular complexity index is 846. The molecule has 0 aliphatic carbocycles. The van der Waals surface area contributed by atoms with Gasteiger partial charge < -0.3 is 24.4 Å². The van der Waals surface area contributed by atoms with Crippen LogP contribution < -0.4 is 10.6 Å². The first kappa shape index (κ1) is 23.2. The third-order valence-electron chi connectivity index (χ3n) is 5.31. The Kier molecular flexibility index (Phi) is 8.03. The second-order valence-corrected chi connectivity index (χ2v) is 8.84. The third-order valence-corrected chi connectivity index (χ3v) is 5.31. The fourth-order valence-corrected chi connectivity index (χ4v) is 3.15. The molecule has 3 heterocycles. The number of aromatic nitrogens is 4. The van der Waals surface area contributed by atoms with E-state index in [9.17, 15) is 0 Å². The minimum atomic E-state index is -0.0665. The Morgan fingerprint density at radius 1 is 1.19 bits per heavy atom. The molecule has 31 heavy (non-hydrogen) atoms. The van der Waals surface area contributed by atoms with Crippen LogP contribution in [0.1, 0.15) is 50.5 Å². The summed E-state index contributed by atoms with van der Waals surface area (Å²) in [6.07, 6.45) is 2.82. The number of nitrogens with one attached hydrogen (secondary N) is 2. The molecule has 10 nitrogen and oxygen atoms in total. The van der Waals surface area contributed by atoms with E-state index in [4.69, 9.17) is 14.1 Å². The van der Waals surface area contributed by atoms with E-state index in [0.29, 0.717) is 24.9 Å². The highest BCUT2D eigenvalue weighted by atomic mass is 16.5. The molecule has 1 fully saturated rings. The molecule has 2 aromatic rings. The van der Waals surface area contributed by atoms with Gasteiger partial charge in [-0.3, -0.25) is 4.90 Å². The number of morpholine rings is 1. The van der Waals surface area contributed by atoms with E-state index in [0.717, 1.165) is 63.2 Å². The van der Waals surface area contributed by atoms with Crippen molar-refractivity contribution in [1.29, 1.82) is 0 Å². The number of nitrogens with zero attached hydrogens (tertiary/aromatic N) is 6. The molecule has 172 valence electrons. The Morgan fingerprint density at radius 3 is 2.61 bits per heavy atom. The second-order valence-electron chi connectivity index (χ2n) is 8.84. The topological polar surface area (TPSA) is 106 Å². The van der Waals surface area contributed by atoms with Crippen LogP contribution >= 0.6 is 0 Å². The molecule has 2 N–H and O–H groups in total. The summed E-state index contributed by atoms with van der Waals surface area (Å²) in [5.41, 5.74) is -0.0665. The van der Waals surface area contributed by atoms with Crippen LogP contribution in [0.15, 0.2) is 15.6 Å². The molecule has 1 saturated heterocycles. The average Bonchev–Trinajstić information content (AvgIpc) is 3.35. The molecule has 1 aliphatic heterocycles. The van der Waals surface area contributed by atoms with Gasteiger partial charge in [0.15, 0.2) is 11.8 Å². The molecule has 0 spiro atoms. The third kappa shape index (κ3) is 7.03. The Hall–Kier alpha value is -2.46. The molecule has 0 atom stereocenters. The highest BCUT2D eigenvalue weighted by molar-refractivity contribution is 5.79. The van der Waals surface area contributed by atoms with E-state index in [1.807, 2.05) is 18.5 Å². The van der Waals surface area contributed by atoms with Gasteiger partial charge in [-0.25, -0.2) is 9.98 Å². The number of oxazole rings is 1. The monoisotopic (exact) mass is 432 g/mol. The van der Waals surface area contributed by atoms with E-state index in [1.165, 1.54) is 0 Å². The van der Waals surface area contributed by atoms with Gasteiger partial charge in [-0.2, -0.15) is 0 Å². The van der Waals surface area contributed by atoms with Crippen LogP contribution in [0.5, 0.6) is 0 Å². The van der Waals surface area contributed by atoms with Gasteiger partial charge in [0.2, 0.25) is 5.89 Å². The average molecular weight is 433 g/mol. The van der Waals surface area contributed by atoms with Crippen molar-refractivity contribution in [2.75, 3.05) is 39.4 Å². The van der Waals surface area contributed by atoms with Crippen LogP contribution in [0.2, 0.25) is 0 Å². The van der Waals surface area contributed by atoms with E-state index < -0.39 is 0 Å². The Balaban J connectivity index is 1.55. The van der Waals surface area contributed by atoms with Crippen LogP contribution in [0, 0.1) is 6.92 Å². The zero-order valence-electron chi connectivity index (χ0n) is 19.4. The fourth-order valence-electron chi connectivity index (χ4n) is 3.15. The first-order valence-electron chi connectivity index (χ1n) is 11.0. The lowest BCUT2D eigenvalue weighted by molar-refractivity contribution is 0.0376. The fraction of sp³-hybridized carbons (Fsp3) is 0.714. The summed E-state index contributed by atoms with van der Waals surface area (Å²) in [4.78, 5) is 11.5. The Morgan fingerprint density at radius 2 is 1.97 bits per heavy atom. The normalized spacial score (nSPS) is 16.0. The summed E-state index contributed by atoms with van der Waals surface area (Å²) in [7, 11) is 1.95. The molecule has 0 unspecified atom stereocenters. The molecular formula is C21H36N8O2. The predicted molar refractivity (Wildman–Crippen MR) is 119 cm³/mol. The number of rotatable bonds is 8.